The van der Waals surface area contributed by atoms with Gasteiger partial charge in [-0.2, -0.15) is 0 Å². The third-order valence-corrected chi connectivity index (χ3v) is 1.95. The predicted molar refractivity (Wildman–Crippen MR) is 48.2 cm³/mol. The lowest BCUT2D eigenvalue weighted by atomic mass is 9.88. The van der Waals surface area contributed by atoms with E-state index in [0.29, 0.717) is 19.3 Å². The molecular formula is C10H16O3. The molecule has 1 unspecified atom stereocenters. The molecule has 0 aromatic heterocycles. The van der Waals surface area contributed by atoms with Crippen LogP contribution in [0.4, 0.5) is 0 Å². The van der Waals surface area contributed by atoms with Gasteiger partial charge in [-0.1, -0.05) is 20.8 Å². The Balaban J connectivity index is 2.45. The van der Waals surface area contributed by atoms with E-state index < -0.39 is 6.10 Å². The Hall–Kier alpha value is -0.860. The first-order chi connectivity index (χ1) is 5.88. The highest BCUT2D eigenvalue weighted by atomic mass is 16.6. The normalized spacial score (nSPS) is 23.0. The number of Topliss-reactive ketones (excluding diaryl/α,β-unsaturated/α-hetero) is 1. The number of rotatable bonds is 2. The van der Waals surface area contributed by atoms with E-state index in [1.165, 1.54) is 0 Å². The van der Waals surface area contributed by atoms with Crippen LogP contribution >= 0.6 is 0 Å². The molecule has 0 N–H and O–H groups in total. The van der Waals surface area contributed by atoms with Crippen LogP contribution in [0.25, 0.3) is 0 Å². The van der Waals surface area contributed by atoms with E-state index in [9.17, 15) is 9.59 Å². The van der Waals surface area contributed by atoms with E-state index >= 15 is 0 Å². The smallest absolute Gasteiger partial charge is 0.306 e. The summed E-state index contributed by atoms with van der Waals surface area (Å²) >= 11 is 0. The molecule has 0 aromatic carbocycles. The molecule has 0 saturated carbocycles. The number of hydrogen-bond acceptors (Lipinski definition) is 3. The Labute approximate surface area is 78.5 Å². The highest BCUT2D eigenvalue weighted by molar-refractivity contribution is 5.88. The third-order valence-electron chi connectivity index (χ3n) is 1.95. The lowest BCUT2D eigenvalue weighted by Gasteiger charge is -2.18. The molecule has 1 aliphatic heterocycles. The minimum absolute atomic E-state index is 0.0217. The lowest BCUT2D eigenvalue weighted by molar-refractivity contribution is -0.147. The van der Waals surface area contributed by atoms with Gasteiger partial charge in [0.15, 0.2) is 11.9 Å². The van der Waals surface area contributed by atoms with Crippen LogP contribution in [-0.4, -0.2) is 17.9 Å². The van der Waals surface area contributed by atoms with Crippen molar-refractivity contribution in [2.24, 2.45) is 5.41 Å². The standard InChI is InChI=1S/C10H16O3/c1-10(2,3)6-7(11)8-4-5-9(12)13-8/h8H,4-6H2,1-3H3. The monoisotopic (exact) mass is 184 g/mol. The van der Waals surface area contributed by atoms with Gasteiger partial charge in [0.25, 0.3) is 0 Å². The SMILES string of the molecule is CC(C)(C)CC(=O)C1CCC(=O)O1. The maximum atomic E-state index is 11.5. The first kappa shape index (κ1) is 10.2. The number of cyclic esters (lactones) is 1. The van der Waals surface area contributed by atoms with Crippen molar-refractivity contribution >= 4 is 11.8 Å². The second-order valence-corrected chi connectivity index (χ2v) is 4.72. The van der Waals surface area contributed by atoms with Gasteiger partial charge in [-0.25, -0.2) is 0 Å². The fourth-order valence-corrected chi connectivity index (χ4v) is 1.39. The molecule has 1 fully saturated rings. The third kappa shape index (κ3) is 3.17. The molecule has 0 aliphatic carbocycles. The molecule has 0 radical (unpaired) electrons. The van der Waals surface area contributed by atoms with Crippen molar-refractivity contribution in [2.75, 3.05) is 0 Å². The van der Waals surface area contributed by atoms with Crippen LogP contribution in [-0.2, 0) is 14.3 Å². The quantitative estimate of drug-likeness (QED) is 0.613. The molecule has 3 heteroatoms. The van der Waals surface area contributed by atoms with Crippen molar-refractivity contribution in [1.29, 1.82) is 0 Å². The second kappa shape index (κ2) is 3.48. The number of hydrogen-bond donors (Lipinski definition) is 0. The molecule has 1 atom stereocenters. The van der Waals surface area contributed by atoms with Crippen LogP contribution in [0.1, 0.15) is 40.0 Å². The average Bonchev–Trinajstić information content (AvgIpc) is 2.31. The summed E-state index contributed by atoms with van der Waals surface area (Å²) in [5.74, 6) is -0.189. The molecule has 1 saturated heterocycles. The van der Waals surface area contributed by atoms with E-state index in [2.05, 4.69) is 0 Å². The first-order valence-electron chi connectivity index (χ1n) is 4.61. The topological polar surface area (TPSA) is 43.4 Å². The largest absolute Gasteiger partial charge is 0.454 e. The Kier molecular flexibility index (Phi) is 2.74. The zero-order valence-corrected chi connectivity index (χ0v) is 8.42. The Morgan fingerprint density at radius 3 is 2.54 bits per heavy atom. The molecule has 0 spiro atoms. The van der Waals surface area contributed by atoms with Crippen molar-refractivity contribution < 1.29 is 14.3 Å². The van der Waals surface area contributed by atoms with Crippen LogP contribution in [0.2, 0.25) is 0 Å². The summed E-state index contributed by atoms with van der Waals surface area (Å²) in [6.45, 7) is 6.00. The number of esters is 1. The summed E-state index contributed by atoms with van der Waals surface area (Å²) in [5, 5.41) is 0. The van der Waals surface area contributed by atoms with Crippen LogP contribution in [0.3, 0.4) is 0 Å². The van der Waals surface area contributed by atoms with Crippen LogP contribution in [0.15, 0.2) is 0 Å². The fourth-order valence-electron chi connectivity index (χ4n) is 1.39. The van der Waals surface area contributed by atoms with E-state index in [1.807, 2.05) is 20.8 Å². The van der Waals surface area contributed by atoms with E-state index in [4.69, 9.17) is 4.74 Å². The first-order valence-corrected chi connectivity index (χ1v) is 4.61. The summed E-state index contributed by atoms with van der Waals surface area (Å²) in [4.78, 5) is 22.3. The van der Waals surface area contributed by atoms with E-state index in [-0.39, 0.29) is 17.2 Å². The minimum Gasteiger partial charge on any atom is -0.454 e. The minimum atomic E-state index is -0.466. The number of carbonyl (C=O) groups is 2. The summed E-state index contributed by atoms with van der Waals surface area (Å²) in [5.41, 5.74) is -0.0217. The summed E-state index contributed by atoms with van der Waals surface area (Å²) in [6, 6.07) is 0. The molecule has 1 heterocycles. The molecular weight excluding hydrogens is 168 g/mol. The highest BCUT2D eigenvalue weighted by Gasteiger charge is 2.31. The van der Waals surface area contributed by atoms with Crippen LogP contribution < -0.4 is 0 Å². The molecule has 3 nitrogen and oxygen atoms in total. The summed E-state index contributed by atoms with van der Waals surface area (Å²) < 4.78 is 4.88. The average molecular weight is 184 g/mol. The van der Waals surface area contributed by atoms with Gasteiger partial charge in [0.1, 0.15) is 0 Å². The maximum Gasteiger partial charge on any atom is 0.306 e. The number of ether oxygens (including phenoxy) is 1. The molecule has 1 rings (SSSR count). The fraction of sp³-hybridized carbons (Fsp3) is 0.800. The molecule has 0 aromatic rings. The highest BCUT2D eigenvalue weighted by Crippen LogP contribution is 2.24. The van der Waals surface area contributed by atoms with Gasteiger partial charge >= 0.3 is 5.97 Å². The second-order valence-electron chi connectivity index (χ2n) is 4.72. The van der Waals surface area contributed by atoms with Gasteiger partial charge in [0.05, 0.1) is 0 Å². The molecule has 0 amide bonds. The molecule has 0 bridgehead atoms. The Morgan fingerprint density at radius 1 is 1.54 bits per heavy atom. The molecule has 13 heavy (non-hydrogen) atoms. The van der Waals surface area contributed by atoms with Crippen molar-refractivity contribution in [3.05, 3.63) is 0 Å². The van der Waals surface area contributed by atoms with Crippen molar-refractivity contribution in [3.63, 3.8) is 0 Å². The van der Waals surface area contributed by atoms with Crippen LogP contribution in [0.5, 0.6) is 0 Å². The van der Waals surface area contributed by atoms with Gasteiger partial charge in [-0.05, 0) is 5.41 Å². The number of carbonyl (C=O) groups excluding carboxylic acids is 2. The van der Waals surface area contributed by atoms with Crippen molar-refractivity contribution in [2.45, 2.75) is 46.1 Å². The number of ketones is 1. The zero-order valence-electron chi connectivity index (χ0n) is 8.42. The van der Waals surface area contributed by atoms with Crippen LogP contribution in [0, 0.1) is 5.41 Å². The van der Waals surface area contributed by atoms with Gasteiger partial charge < -0.3 is 4.74 Å². The van der Waals surface area contributed by atoms with Crippen molar-refractivity contribution in [3.8, 4) is 0 Å². The predicted octanol–water partition coefficient (Wildman–Crippen LogP) is 1.70. The van der Waals surface area contributed by atoms with Gasteiger partial charge in [0.2, 0.25) is 0 Å². The molecule has 1 aliphatic rings. The Bertz CT molecular complexity index is 225. The zero-order chi connectivity index (χ0) is 10.1. The summed E-state index contributed by atoms with van der Waals surface area (Å²) in [6.07, 6.45) is 0.964. The van der Waals surface area contributed by atoms with Gasteiger partial charge in [-0.15, -0.1) is 0 Å². The van der Waals surface area contributed by atoms with E-state index in [0.717, 1.165) is 0 Å². The maximum absolute atomic E-state index is 11.5. The summed E-state index contributed by atoms with van der Waals surface area (Å²) in [7, 11) is 0. The lowest BCUT2D eigenvalue weighted by Crippen LogP contribution is -2.24. The van der Waals surface area contributed by atoms with Gasteiger partial charge in [-0.3, -0.25) is 9.59 Å². The van der Waals surface area contributed by atoms with E-state index in [1.54, 1.807) is 0 Å². The van der Waals surface area contributed by atoms with Crippen molar-refractivity contribution in [1.82, 2.24) is 0 Å². The molecule has 74 valence electrons. The Morgan fingerprint density at radius 2 is 2.15 bits per heavy atom. The van der Waals surface area contributed by atoms with Gasteiger partial charge in [0, 0.05) is 19.3 Å².